The molecule has 0 saturated carbocycles. The fourth-order valence-corrected chi connectivity index (χ4v) is 4.90. The van der Waals surface area contributed by atoms with Gasteiger partial charge in [-0.1, -0.05) is 24.3 Å². The normalized spacial score (nSPS) is 10.6. The van der Waals surface area contributed by atoms with Gasteiger partial charge in [-0.15, -0.1) is 11.3 Å². The summed E-state index contributed by atoms with van der Waals surface area (Å²) in [6.45, 7) is 0.963. The van der Waals surface area contributed by atoms with Gasteiger partial charge in [-0.25, -0.2) is 4.39 Å². The second-order valence-corrected chi connectivity index (χ2v) is 8.40. The van der Waals surface area contributed by atoms with Gasteiger partial charge in [0.15, 0.2) is 6.29 Å². The fourth-order valence-electron chi connectivity index (χ4n) is 3.71. The first-order chi connectivity index (χ1) is 16.1. The van der Waals surface area contributed by atoms with Crippen LogP contribution in [0.2, 0.25) is 0 Å². The Kier molecular flexibility index (Phi) is 6.57. The predicted octanol–water partition coefficient (Wildman–Crippen LogP) is 5.95. The Morgan fingerprint density at radius 2 is 1.48 bits per heavy atom. The van der Waals surface area contributed by atoms with Crippen molar-refractivity contribution in [3.63, 3.8) is 0 Å². The van der Waals surface area contributed by atoms with Crippen molar-refractivity contribution >= 4 is 32.7 Å². The van der Waals surface area contributed by atoms with Crippen LogP contribution in [0.25, 0.3) is 10.1 Å². The van der Waals surface area contributed by atoms with Crippen molar-refractivity contribution in [3.8, 4) is 17.6 Å². The van der Waals surface area contributed by atoms with Gasteiger partial charge in [0.2, 0.25) is 0 Å². The fraction of sp³-hybridized carbons (Fsp3) is 0.154. The van der Waals surface area contributed by atoms with Crippen molar-refractivity contribution in [2.45, 2.75) is 13.1 Å². The van der Waals surface area contributed by atoms with Crippen LogP contribution in [0.4, 0.5) is 9.39 Å². The maximum atomic E-state index is 14.7. The average molecular weight is 461 g/mol. The molecule has 0 fully saturated rings. The molecule has 0 unspecified atom stereocenters. The molecule has 5 nitrogen and oxygen atoms in total. The summed E-state index contributed by atoms with van der Waals surface area (Å²) in [5, 5.41) is 11.0. The van der Waals surface area contributed by atoms with Gasteiger partial charge < -0.3 is 14.4 Å². The summed E-state index contributed by atoms with van der Waals surface area (Å²) in [5.41, 5.74) is 2.61. The van der Waals surface area contributed by atoms with Crippen molar-refractivity contribution in [2.75, 3.05) is 19.1 Å². The van der Waals surface area contributed by atoms with Gasteiger partial charge in [0.25, 0.3) is 0 Å². The van der Waals surface area contributed by atoms with E-state index in [0.29, 0.717) is 45.6 Å². The molecule has 4 aromatic rings. The molecular formula is C26H21FN2O3S. The molecule has 3 aromatic carbocycles. The third-order valence-corrected chi connectivity index (χ3v) is 6.65. The number of fused-ring (bicyclic) bond motifs is 1. The molecule has 0 bridgehead atoms. The molecule has 1 aromatic heterocycles. The van der Waals surface area contributed by atoms with Crippen LogP contribution in [0.5, 0.6) is 11.5 Å². The lowest BCUT2D eigenvalue weighted by molar-refractivity contribution is 0.112. The maximum Gasteiger partial charge on any atom is 0.150 e. The number of hydrogen-bond acceptors (Lipinski definition) is 6. The van der Waals surface area contributed by atoms with Crippen LogP contribution in [0.15, 0.2) is 60.7 Å². The van der Waals surface area contributed by atoms with Crippen LogP contribution in [0.1, 0.15) is 27.0 Å². The highest BCUT2D eigenvalue weighted by Crippen LogP contribution is 2.41. The van der Waals surface area contributed by atoms with E-state index in [1.165, 1.54) is 23.5 Å². The Morgan fingerprint density at radius 1 is 0.939 bits per heavy atom. The quantitative estimate of drug-likeness (QED) is 0.304. The highest BCUT2D eigenvalue weighted by Gasteiger charge is 2.23. The topological polar surface area (TPSA) is 62.6 Å². The van der Waals surface area contributed by atoms with Crippen LogP contribution in [0.3, 0.4) is 0 Å². The zero-order valence-corrected chi connectivity index (χ0v) is 19.0. The van der Waals surface area contributed by atoms with Gasteiger partial charge >= 0.3 is 0 Å². The number of methoxy groups -OCH3 is 2. The molecule has 0 aliphatic rings. The first kappa shape index (κ1) is 22.3. The summed E-state index contributed by atoms with van der Waals surface area (Å²) in [7, 11) is 3.22. The first-order valence-electron chi connectivity index (χ1n) is 10.2. The standard InChI is InChI=1S/C26H21FN2O3S/c1-31-20-8-3-17(4-9-20)14-29(15-18-5-10-21(32-2)11-6-18)26-22(13-28)24-19(16-30)7-12-23(27)25(24)33-26/h3-12,16H,14-15H2,1-2H3. The largest absolute Gasteiger partial charge is 0.497 e. The van der Waals surface area contributed by atoms with Gasteiger partial charge in [0.1, 0.15) is 28.4 Å². The molecule has 0 atom stereocenters. The average Bonchev–Trinajstić information content (AvgIpc) is 3.25. The molecule has 0 amide bonds. The number of thiophene rings is 1. The van der Waals surface area contributed by atoms with Gasteiger partial charge in [-0.05, 0) is 47.5 Å². The molecule has 1 heterocycles. The van der Waals surface area contributed by atoms with E-state index in [1.807, 2.05) is 53.4 Å². The first-order valence-corrected chi connectivity index (χ1v) is 11.0. The van der Waals surface area contributed by atoms with Crippen molar-refractivity contribution in [1.29, 1.82) is 5.26 Å². The lowest BCUT2D eigenvalue weighted by Gasteiger charge is -2.24. The van der Waals surface area contributed by atoms with Crippen molar-refractivity contribution in [3.05, 3.63) is 88.7 Å². The Morgan fingerprint density at radius 3 is 1.94 bits per heavy atom. The van der Waals surface area contributed by atoms with Crippen molar-refractivity contribution in [1.82, 2.24) is 0 Å². The molecule has 0 aliphatic heterocycles. The summed E-state index contributed by atoms with van der Waals surface area (Å²) < 4.78 is 25.5. The smallest absolute Gasteiger partial charge is 0.150 e. The number of ether oxygens (including phenoxy) is 2. The minimum atomic E-state index is -0.447. The van der Waals surface area contributed by atoms with Crippen molar-refractivity contribution < 1.29 is 18.7 Å². The van der Waals surface area contributed by atoms with E-state index >= 15 is 0 Å². The lowest BCUT2D eigenvalue weighted by atomic mass is 10.1. The summed E-state index contributed by atoms with van der Waals surface area (Å²) >= 11 is 1.19. The zero-order chi connectivity index (χ0) is 23.4. The zero-order valence-electron chi connectivity index (χ0n) is 18.2. The number of benzene rings is 3. The second-order valence-electron chi connectivity index (χ2n) is 7.40. The summed E-state index contributed by atoms with van der Waals surface area (Å²) in [4.78, 5) is 13.6. The molecular weight excluding hydrogens is 439 g/mol. The number of halogens is 1. The Bertz CT molecular complexity index is 1280. The minimum Gasteiger partial charge on any atom is -0.497 e. The Labute approximate surface area is 195 Å². The van der Waals surface area contributed by atoms with E-state index in [-0.39, 0.29) is 0 Å². The third kappa shape index (κ3) is 4.52. The van der Waals surface area contributed by atoms with E-state index < -0.39 is 5.82 Å². The SMILES string of the molecule is COc1ccc(CN(Cc2ccc(OC)cc2)c2sc3c(F)ccc(C=O)c3c2C#N)cc1. The Hall–Kier alpha value is -3.89. The molecule has 0 saturated heterocycles. The van der Waals surface area contributed by atoms with E-state index in [1.54, 1.807) is 14.2 Å². The minimum absolute atomic E-state index is 0.304. The highest BCUT2D eigenvalue weighted by atomic mass is 32.1. The maximum absolute atomic E-state index is 14.7. The monoisotopic (exact) mass is 460 g/mol. The number of carbonyl (C=O) groups is 1. The van der Waals surface area contributed by atoms with Gasteiger partial charge in [-0.3, -0.25) is 4.79 Å². The number of hydrogen-bond donors (Lipinski definition) is 0. The third-order valence-electron chi connectivity index (χ3n) is 5.40. The molecule has 4 rings (SSSR count). The van der Waals surface area contributed by atoms with E-state index in [4.69, 9.17) is 9.47 Å². The number of anilines is 1. The van der Waals surface area contributed by atoms with Gasteiger partial charge in [-0.2, -0.15) is 5.26 Å². The number of aldehydes is 1. The molecule has 7 heteroatoms. The van der Waals surface area contributed by atoms with Crippen LogP contribution in [-0.2, 0) is 13.1 Å². The van der Waals surface area contributed by atoms with Crippen LogP contribution >= 0.6 is 11.3 Å². The van der Waals surface area contributed by atoms with Crippen LogP contribution in [-0.4, -0.2) is 20.5 Å². The number of nitrogens with zero attached hydrogens (tertiary/aromatic N) is 2. The van der Waals surface area contributed by atoms with Gasteiger partial charge in [0, 0.05) is 24.0 Å². The highest BCUT2D eigenvalue weighted by molar-refractivity contribution is 7.23. The predicted molar refractivity (Wildman–Crippen MR) is 128 cm³/mol. The van der Waals surface area contributed by atoms with E-state index in [9.17, 15) is 14.4 Å². The molecule has 166 valence electrons. The van der Waals surface area contributed by atoms with E-state index in [2.05, 4.69) is 6.07 Å². The molecule has 0 spiro atoms. The van der Waals surface area contributed by atoms with Gasteiger partial charge in [0.05, 0.1) is 24.5 Å². The van der Waals surface area contributed by atoms with Crippen LogP contribution in [0, 0.1) is 17.1 Å². The van der Waals surface area contributed by atoms with E-state index in [0.717, 1.165) is 22.6 Å². The summed E-state index contributed by atoms with van der Waals surface area (Å²) in [6.07, 6.45) is 0.663. The molecule has 0 aliphatic carbocycles. The number of rotatable bonds is 8. The molecule has 0 N–H and O–H groups in total. The van der Waals surface area contributed by atoms with Crippen LogP contribution < -0.4 is 14.4 Å². The summed E-state index contributed by atoms with van der Waals surface area (Å²) in [6, 6.07) is 20.2. The number of carbonyl (C=O) groups excluding carboxylic acids is 1. The molecule has 0 radical (unpaired) electrons. The molecule has 33 heavy (non-hydrogen) atoms. The summed E-state index contributed by atoms with van der Waals surface area (Å²) in [5.74, 6) is 1.05. The van der Waals surface area contributed by atoms with Crippen molar-refractivity contribution in [2.24, 2.45) is 0 Å². The number of nitriles is 1. The lowest BCUT2D eigenvalue weighted by Crippen LogP contribution is -2.22. The second kappa shape index (κ2) is 9.72. The Balaban J connectivity index is 1.82.